The van der Waals surface area contributed by atoms with Crippen LogP contribution in [0.5, 0.6) is 11.5 Å². The Balaban J connectivity index is 2.27. The summed E-state index contributed by atoms with van der Waals surface area (Å²) in [6.45, 7) is 4.60. The van der Waals surface area contributed by atoms with Crippen LogP contribution >= 0.6 is 0 Å². The second-order valence-corrected chi connectivity index (χ2v) is 4.43. The van der Waals surface area contributed by atoms with Crippen LogP contribution in [-0.4, -0.2) is 18.8 Å². The summed E-state index contributed by atoms with van der Waals surface area (Å²) in [7, 11) is 0. The zero-order chi connectivity index (χ0) is 11.5. The predicted molar refractivity (Wildman–Crippen MR) is 64.0 cm³/mol. The number of benzene rings is 1. The molecule has 0 aliphatic carbocycles. The first kappa shape index (κ1) is 11.3. The number of hydrogen-bond acceptors (Lipinski definition) is 3. The molecule has 0 saturated carbocycles. The third kappa shape index (κ3) is 2.30. The van der Waals surface area contributed by atoms with Gasteiger partial charge in [0, 0.05) is 6.54 Å². The van der Waals surface area contributed by atoms with Gasteiger partial charge in [0.2, 0.25) is 0 Å². The molecule has 0 amide bonds. The summed E-state index contributed by atoms with van der Waals surface area (Å²) in [4.78, 5) is 0. The second-order valence-electron chi connectivity index (χ2n) is 4.43. The maximum atomic E-state index is 5.86. The largest absolute Gasteiger partial charge is 0.487 e. The van der Waals surface area contributed by atoms with Crippen LogP contribution in [0.1, 0.15) is 25.8 Å². The quantitative estimate of drug-likeness (QED) is 0.850. The van der Waals surface area contributed by atoms with E-state index in [2.05, 4.69) is 6.07 Å². The lowest BCUT2D eigenvalue weighted by molar-refractivity contribution is 0.160. The number of fused-ring (bicyclic) bond motifs is 1. The van der Waals surface area contributed by atoms with Crippen LogP contribution in [0.25, 0.3) is 0 Å². The first-order valence-electron chi connectivity index (χ1n) is 5.86. The Bertz CT molecular complexity index is 363. The van der Waals surface area contributed by atoms with Gasteiger partial charge in [-0.25, -0.2) is 0 Å². The average molecular weight is 221 g/mol. The molecule has 1 atom stereocenters. The van der Waals surface area contributed by atoms with Gasteiger partial charge in [-0.15, -0.1) is 0 Å². The summed E-state index contributed by atoms with van der Waals surface area (Å²) >= 11 is 0. The molecule has 1 aromatic rings. The fraction of sp³-hybridized carbons (Fsp3) is 0.538. The number of rotatable bonds is 3. The standard InChI is InChI=1S/C13H19NO2/c1-9(2)15-12-5-3-4-10-6-7-11(8-14)16-13(10)12/h3-5,9,11H,6-8,14H2,1-2H3/t11-/m1/s1. The molecule has 1 aliphatic rings. The van der Waals surface area contributed by atoms with Gasteiger partial charge in [0.1, 0.15) is 6.10 Å². The van der Waals surface area contributed by atoms with Crippen LogP contribution in [0, 0.1) is 0 Å². The molecule has 0 radical (unpaired) electrons. The first-order valence-corrected chi connectivity index (χ1v) is 5.86. The summed E-state index contributed by atoms with van der Waals surface area (Å²) in [6, 6.07) is 6.07. The van der Waals surface area contributed by atoms with Crippen LogP contribution in [0.4, 0.5) is 0 Å². The Hall–Kier alpha value is -1.22. The van der Waals surface area contributed by atoms with Crippen molar-refractivity contribution in [1.82, 2.24) is 0 Å². The first-order chi connectivity index (χ1) is 7.70. The van der Waals surface area contributed by atoms with Crippen molar-refractivity contribution in [1.29, 1.82) is 0 Å². The van der Waals surface area contributed by atoms with Crippen LogP contribution in [-0.2, 0) is 6.42 Å². The normalized spacial score (nSPS) is 19.1. The molecule has 0 aromatic heterocycles. The lowest BCUT2D eigenvalue weighted by Gasteiger charge is -2.27. The molecule has 2 N–H and O–H groups in total. The molecular weight excluding hydrogens is 202 g/mol. The van der Waals surface area contributed by atoms with Gasteiger partial charge in [0.15, 0.2) is 11.5 Å². The Morgan fingerprint density at radius 3 is 3.00 bits per heavy atom. The monoisotopic (exact) mass is 221 g/mol. The van der Waals surface area contributed by atoms with E-state index < -0.39 is 0 Å². The van der Waals surface area contributed by atoms with Gasteiger partial charge < -0.3 is 15.2 Å². The molecular formula is C13H19NO2. The molecule has 0 unspecified atom stereocenters. The summed E-state index contributed by atoms with van der Waals surface area (Å²) in [5, 5.41) is 0. The lowest BCUT2D eigenvalue weighted by Crippen LogP contribution is -2.30. The molecule has 3 nitrogen and oxygen atoms in total. The second kappa shape index (κ2) is 4.74. The number of ether oxygens (including phenoxy) is 2. The predicted octanol–water partition coefficient (Wildman–Crippen LogP) is 2.13. The van der Waals surface area contributed by atoms with E-state index in [1.807, 2.05) is 26.0 Å². The van der Waals surface area contributed by atoms with E-state index in [1.54, 1.807) is 0 Å². The van der Waals surface area contributed by atoms with E-state index in [4.69, 9.17) is 15.2 Å². The van der Waals surface area contributed by atoms with E-state index in [0.29, 0.717) is 6.54 Å². The summed E-state index contributed by atoms with van der Waals surface area (Å²) < 4.78 is 11.6. The highest BCUT2D eigenvalue weighted by atomic mass is 16.5. The minimum absolute atomic E-state index is 0.129. The maximum absolute atomic E-state index is 5.86. The average Bonchev–Trinajstić information content (AvgIpc) is 2.28. The van der Waals surface area contributed by atoms with Crippen LogP contribution in [0.2, 0.25) is 0 Å². The van der Waals surface area contributed by atoms with Gasteiger partial charge in [-0.1, -0.05) is 12.1 Å². The number of hydrogen-bond donors (Lipinski definition) is 1. The van der Waals surface area contributed by atoms with Crippen LogP contribution in [0.3, 0.4) is 0 Å². The van der Waals surface area contributed by atoms with Crippen LogP contribution < -0.4 is 15.2 Å². The Kier molecular flexibility index (Phi) is 3.34. The lowest BCUT2D eigenvalue weighted by atomic mass is 10.0. The van der Waals surface area contributed by atoms with E-state index in [-0.39, 0.29) is 12.2 Å². The number of nitrogens with two attached hydrogens (primary N) is 1. The van der Waals surface area contributed by atoms with Gasteiger partial charge in [-0.05, 0) is 38.3 Å². The molecule has 1 heterocycles. The number of para-hydroxylation sites is 1. The minimum Gasteiger partial charge on any atom is -0.487 e. The van der Waals surface area contributed by atoms with Crippen molar-refractivity contribution in [3.63, 3.8) is 0 Å². The molecule has 88 valence electrons. The maximum Gasteiger partial charge on any atom is 0.164 e. The van der Waals surface area contributed by atoms with E-state index in [0.717, 1.165) is 24.3 Å². The Morgan fingerprint density at radius 1 is 1.50 bits per heavy atom. The van der Waals surface area contributed by atoms with Gasteiger partial charge in [0.25, 0.3) is 0 Å². The highest BCUT2D eigenvalue weighted by Gasteiger charge is 2.22. The third-order valence-corrected chi connectivity index (χ3v) is 2.71. The zero-order valence-corrected chi connectivity index (χ0v) is 9.90. The molecule has 0 spiro atoms. The molecule has 1 aliphatic heterocycles. The molecule has 0 fully saturated rings. The summed E-state index contributed by atoms with van der Waals surface area (Å²) in [6.07, 6.45) is 2.30. The highest BCUT2D eigenvalue weighted by molar-refractivity contribution is 5.48. The summed E-state index contributed by atoms with van der Waals surface area (Å²) in [5.74, 6) is 1.73. The van der Waals surface area contributed by atoms with Crippen molar-refractivity contribution in [2.45, 2.75) is 38.9 Å². The molecule has 0 saturated heterocycles. The van der Waals surface area contributed by atoms with Gasteiger partial charge in [0.05, 0.1) is 6.10 Å². The van der Waals surface area contributed by atoms with E-state index >= 15 is 0 Å². The Labute approximate surface area is 96.5 Å². The van der Waals surface area contributed by atoms with Gasteiger partial charge in [-0.2, -0.15) is 0 Å². The van der Waals surface area contributed by atoms with Crippen molar-refractivity contribution in [3.05, 3.63) is 23.8 Å². The molecule has 0 bridgehead atoms. The van der Waals surface area contributed by atoms with Crippen molar-refractivity contribution in [3.8, 4) is 11.5 Å². The van der Waals surface area contributed by atoms with Crippen molar-refractivity contribution >= 4 is 0 Å². The van der Waals surface area contributed by atoms with E-state index in [1.165, 1.54) is 5.56 Å². The Morgan fingerprint density at radius 2 is 2.31 bits per heavy atom. The SMILES string of the molecule is CC(C)Oc1cccc2c1O[C@@H](CN)CC2. The number of aryl methyl sites for hydroxylation is 1. The van der Waals surface area contributed by atoms with Crippen molar-refractivity contribution in [2.24, 2.45) is 5.73 Å². The van der Waals surface area contributed by atoms with Crippen molar-refractivity contribution in [2.75, 3.05) is 6.54 Å². The van der Waals surface area contributed by atoms with Crippen LogP contribution in [0.15, 0.2) is 18.2 Å². The van der Waals surface area contributed by atoms with Gasteiger partial charge >= 0.3 is 0 Å². The highest BCUT2D eigenvalue weighted by Crippen LogP contribution is 2.36. The topological polar surface area (TPSA) is 44.5 Å². The van der Waals surface area contributed by atoms with E-state index in [9.17, 15) is 0 Å². The zero-order valence-electron chi connectivity index (χ0n) is 9.90. The van der Waals surface area contributed by atoms with Gasteiger partial charge in [-0.3, -0.25) is 0 Å². The smallest absolute Gasteiger partial charge is 0.164 e. The molecule has 2 rings (SSSR count). The molecule has 3 heteroatoms. The molecule has 16 heavy (non-hydrogen) atoms. The van der Waals surface area contributed by atoms with Crippen molar-refractivity contribution < 1.29 is 9.47 Å². The summed E-state index contributed by atoms with van der Waals surface area (Å²) in [5.41, 5.74) is 6.87. The fourth-order valence-electron chi connectivity index (χ4n) is 1.95. The fourth-order valence-corrected chi connectivity index (χ4v) is 1.95. The third-order valence-electron chi connectivity index (χ3n) is 2.71. The molecule has 1 aromatic carbocycles. The minimum atomic E-state index is 0.129.